The van der Waals surface area contributed by atoms with Crippen molar-refractivity contribution >= 4 is 5.78 Å². The molecule has 1 heteroatoms. The van der Waals surface area contributed by atoms with E-state index in [4.69, 9.17) is 0 Å². The predicted molar refractivity (Wildman–Crippen MR) is 78.6 cm³/mol. The fraction of sp³-hybridized carbons (Fsp3) is 0.706. The molecule has 1 rings (SSSR count). The molecule has 0 aromatic carbocycles. The molecule has 18 heavy (non-hydrogen) atoms. The van der Waals surface area contributed by atoms with Gasteiger partial charge >= 0.3 is 0 Å². The Kier molecular flexibility index (Phi) is 7.00. The molecule has 1 aliphatic carbocycles. The molecule has 0 aromatic heterocycles. The summed E-state index contributed by atoms with van der Waals surface area (Å²) in [7, 11) is 0. The maximum atomic E-state index is 11.4. The standard InChI is InChI=1S/C17H28O/c1-4-14(3)8-6-9-15(5-2)12-16-10-7-11-17(18)13-16/h8,13,15H,4-7,9-12H2,1-3H3. The van der Waals surface area contributed by atoms with Crippen molar-refractivity contribution in [3.05, 3.63) is 23.3 Å². The molecule has 102 valence electrons. The molecule has 1 aliphatic rings. The number of ketones is 1. The Morgan fingerprint density at radius 2 is 2.17 bits per heavy atom. The second-order valence-corrected chi connectivity index (χ2v) is 5.58. The molecule has 1 atom stereocenters. The average molecular weight is 248 g/mol. The zero-order valence-electron chi connectivity index (χ0n) is 12.3. The van der Waals surface area contributed by atoms with Gasteiger partial charge in [-0.25, -0.2) is 0 Å². The highest BCUT2D eigenvalue weighted by Gasteiger charge is 2.14. The van der Waals surface area contributed by atoms with E-state index in [1.54, 1.807) is 0 Å². The molecule has 0 amide bonds. The van der Waals surface area contributed by atoms with E-state index in [-0.39, 0.29) is 0 Å². The number of allylic oxidation sites excluding steroid dienone is 4. The van der Waals surface area contributed by atoms with Crippen molar-refractivity contribution in [2.24, 2.45) is 5.92 Å². The summed E-state index contributed by atoms with van der Waals surface area (Å²) in [6.45, 7) is 6.69. The van der Waals surface area contributed by atoms with Crippen molar-refractivity contribution in [1.29, 1.82) is 0 Å². The van der Waals surface area contributed by atoms with Gasteiger partial charge in [0.15, 0.2) is 5.78 Å². The Bertz CT molecular complexity index is 323. The minimum Gasteiger partial charge on any atom is -0.295 e. The summed E-state index contributed by atoms with van der Waals surface area (Å²) in [6, 6.07) is 0. The Hall–Kier alpha value is -0.850. The van der Waals surface area contributed by atoms with Gasteiger partial charge in [-0.05, 0) is 57.4 Å². The molecular formula is C17H28O. The third-order valence-electron chi connectivity index (χ3n) is 4.04. The first-order chi connectivity index (χ1) is 8.65. The van der Waals surface area contributed by atoms with Crippen molar-refractivity contribution < 1.29 is 4.79 Å². The molecule has 0 fully saturated rings. The first-order valence-corrected chi connectivity index (χ1v) is 7.53. The van der Waals surface area contributed by atoms with E-state index in [0.29, 0.717) is 5.78 Å². The van der Waals surface area contributed by atoms with E-state index in [2.05, 4.69) is 26.8 Å². The van der Waals surface area contributed by atoms with Crippen LogP contribution in [0.5, 0.6) is 0 Å². The number of carbonyl (C=O) groups excluding carboxylic acids is 1. The van der Waals surface area contributed by atoms with Gasteiger partial charge in [-0.1, -0.05) is 37.5 Å². The first kappa shape index (κ1) is 15.2. The summed E-state index contributed by atoms with van der Waals surface area (Å²) in [6.07, 6.45) is 13.3. The van der Waals surface area contributed by atoms with Crippen LogP contribution in [0.25, 0.3) is 0 Å². The quantitative estimate of drug-likeness (QED) is 0.565. The molecule has 1 nitrogen and oxygen atoms in total. The minimum absolute atomic E-state index is 0.341. The van der Waals surface area contributed by atoms with Crippen molar-refractivity contribution in [1.82, 2.24) is 0 Å². The SMILES string of the molecule is CCC(C)=CCCC(CC)CC1=CC(=O)CCC1. The highest BCUT2D eigenvalue weighted by atomic mass is 16.1. The molecule has 1 unspecified atom stereocenters. The molecule has 0 saturated carbocycles. The van der Waals surface area contributed by atoms with Gasteiger partial charge in [0.25, 0.3) is 0 Å². The lowest BCUT2D eigenvalue weighted by Crippen LogP contribution is -2.07. The Morgan fingerprint density at radius 1 is 1.39 bits per heavy atom. The zero-order chi connectivity index (χ0) is 13.4. The van der Waals surface area contributed by atoms with Crippen LogP contribution < -0.4 is 0 Å². The lowest BCUT2D eigenvalue weighted by atomic mass is 9.87. The maximum absolute atomic E-state index is 11.4. The fourth-order valence-corrected chi connectivity index (χ4v) is 2.55. The van der Waals surface area contributed by atoms with E-state index in [1.807, 2.05) is 6.08 Å². The minimum atomic E-state index is 0.341. The third-order valence-corrected chi connectivity index (χ3v) is 4.04. The van der Waals surface area contributed by atoms with E-state index >= 15 is 0 Å². The van der Waals surface area contributed by atoms with Crippen LogP contribution in [0.2, 0.25) is 0 Å². The number of rotatable bonds is 7. The van der Waals surface area contributed by atoms with E-state index in [1.165, 1.54) is 30.4 Å². The zero-order valence-corrected chi connectivity index (χ0v) is 12.3. The van der Waals surface area contributed by atoms with Crippen LogP contribution in [-0.4, -0.2) is 5.78 Å². The van der Waals surface area contributed by atoms with Crippen LogP contribution in [0.3, 0.4) is 0 Å². The summed E-state index contributed by atoms with van der Waals surface area (Å²) in [4.78, 5) is 11.4. The van der Waals surface area contributed by atoms with Crippen LogP contribution in [0.1, 0.15) is 72.1 Å². The highest BCUT2D eigenvalue weighted by Crippen LogP contribution is 2.26. The van der Waals surface area contributed by atoms with Gasteiger partial charge in [-0.15, -0.1) is 0 Å². The van der Waals surface area contributed by atoms with Crippen LogP contribution >= 0.6 is 0 Å². The van der Waals surface area contributed by atoms with Crippen molar-refractivity contribution in [3.8, 4) is 0 Å². The van der Waals surface area contributed by atoms with Gasteiger partial charge in [0.1, 0.15) is 0 Å². The van der Waals surface area contributed by atoms with E-state index in [0.717, 1.165) is 38.0 Å². The summed E-state index contributed by atoms with van der Waals surface area (Å²) in [5.41, 5.74) is 2.89. The Morgan fingerprint density at radius 3 is 2.78 bits per heavy atom. The van der Waals surface area contributed by atoms with E-state index < -0.39 is 0 Å². The molecule has 0 heterocycles. The lowest BCUT2D eigenvalue weighted by Gasteiger charge is -2.18. The molecule has 0 saturated heterocycles. The molecule has 0 spiro atoms. The summed E-state index contributed by atoms with van der Waals surface area (Å²) in [5, 5.41) is 0. The fourth-order valence-electron chi connectivity index (χ4n) is 2.55. The van der Waals surface area contributed by atoms with Crippen LogP contribution in [-0.2, 0) is 4.79 Å². The Labute approximate surface area is 112 Å². The van der Waals surface area contributed by atoms with Gasteiger partial charge < -0.3 is 0 Å². The molecule has 0 N–H and O–H groups in total. The van der Waals surface area contributed by atoms with Crippen LogP contribution in [0.15, 0.2) is 23.3 Å². The third kappa shape index (κ3) is 5.66. The van der Waals surface area contributed by atoms with Gasteiger partial charge in [0, 0.05) is 6.42 Å². The summed E-state index contributed by atoms with van der Waals surface area (Å²) >= 11 is 0. The van der Waals surface area contributed by atoms with Crippen molar-refractivity contribution in [2.75, 3.05) is 0 Å². The van der Waals surface area contributed by atoms with Gasteiger partial charge in [0.2, 0.25) is 0 Å². The number of hydrogen-bond donors (Lipinski definition) is 0. The largest absolute Gasteiger partial charge is 0.295 e. The van der Waals surface area contributed by atoms with Crippen LogP contribution in [0, 0.1) is 5.92 Å². The smallest absolute Gasteiger partial charge is 0.155 e. The normalized spacial score (nSPS) is 18.7. The molecular weight excluding hydrogens is 220 g/mol. The predicted octanol–water partition coefficient (Wildman–Crippen LogP) is 5.22. The van der Waals surface area contributed by atoms with E-state index in [9.17, 15) is 4.79 Å². The summed E-state index contributed by atoms with van der Waals surface area (Å²) in [5.74, 6) is 1.09. The van der Waals surface area contributed by atoms with Crippen molar-refractivity contribution in [3.63, 3.8) is 0 Å². The topological polar surface area (TPSA) is 17.1 Å². The molecule has 0 aromatic rings. The lowest BCUT2D eigenvalue weighted by molar-refractivity contribution is -0.115. The maximum Gasteiger partial charge on any atom is 0.155 e. The molecule has 0 bridgehead atoms. The highest BCUT2D eigenvalue weighted by molar-refractivity contribution is 5.91. The monoisotopic (exact) mass is 248 g/mol. The second kappa shape index (κ2) is 8.29. The van der Waals surface area contributed by atoms with Crippen LogP contribution in [0.4, 0.5) is 0 Å². The van der Waals surface area contributed by atoms with Gasteiger partial charge in [-0.2, -0.15) is 0 Å². The van der Waals surface area contributed by atoms with Crippen molar-refractivity contribution in [2.45, 2.75) is 72.1 Å². The van der Waals surface area contributed by atoms with Gasteiger partial charge in [-0.3, -0.25) is 4.79 Å². The second-order valence-electron chi connectivity index (χ2n) is 5.58. The summed E-state index contributed by atoms with van der Waals surface area (Å²) < 4.78 is 0. The number of hydrogen-bond acceptors (Lipinski definition) is 1. The first-order valence-electron chi connectivity index (χ1n) is 7.53. The van der Waals surface area contributed by atoms with Gasteiger partial charge in [0.05, 0.1) is 0 Å². The molecule has 0 radical (unpaired) electrons. The average Bonchev–Trinajstić information content (AvgIpc) is 2.37. The number of carbonyl (C=O) groups is 1. The molecule has 0 aliphatic heterocycles. The Balaban J connectivity index is 2.39.